The Morgan fingerprint density at radius 1 is 1.21 bits per heavy atom. The van der Waals surface area contributed by atoms with Gasteiger partial charge in [0.1, 0.15) is 5.82 Å². The van der Waals surface area contributed by atoms with Gasteiger partial charge in [-0.05, 0) is 30.5 Å². The molecule has 1 aliphatic rings. The summed E-state index contributed by atoms with van der Waals surface area (Å²) in [7, 11) is -3.01. The van der Waals surface area contributed by atoms with Gasteiger partial charge in [0.25, 0.3) is 0 Å². The normalized spacial score (nSPS) is 24.3. The molecule has 0 aromatic heterocycles. The van der Waals surface area contributed by atoms with E-state index in [4.69, 9.17) is 0 Å². The third-order valence-electron chi connectivity index (χ3n) is 3.73. The molecule has 0 unspecified atom stereocenters. The summed E-state index contributed by atoms with van der Waals surface area (Å²) in [5.74, 6) is -0.254. The standard InChI is InChI=1S/C14H20FNO2S/c1-19(17,18)14-5-3-2-4-13(14)16-10-11-6-8-12(15)9-7-11/h6-9,13-14,16H,2-5,10H2,1H3/t13-,14+/m1/s1. The van der Waals surface area contributed by atoms with Gasteiger partial charge < -0.3 is 5.32 Å². The van der Waals surface area contributed by atoms with Gasteiger partial charge in [0, 0.05) is 18.8 Å². The summed E-state index contributed by atoms with van der Waals surface area (Å²) in [6.07, 6.45) is 4.98. The molecule has 0 aliphatic heterocycles. The highest BCUT2D eigenvalue weighted by Gasteiger charge is 2.32. The summed E-state index contributed by atoms with van der Waals surface area (Å²) in [4.78, 5) is 0. The molecule has 1 saturated carbocycles. The molecule has 0 radical (unpaired) electrons. The second-order valence-corrected chi connectivity index (χ2v) is 7.53. The van der Waals surface area contributed by atoms with Crippen LogP contribution in [0.15, 0.2) is 24.3 Å². The summed E-state index contributed by atoms with van der Waals surface area (Å²) >= 11 is 0. The van der Waals surface area contributed by atoms with Gasteiger partial charge >= 0.3 is 0 Å². The van der Waals surface area contributed by atoms with E-state index in [1.165, 1.54) is 18.4 Å². The van der Waals surface area contributed by atoms with Gasteiger partial charge in [-0.25, -0.2) is 12.8 Å². The van der Waals surface area contributed by atoms with E-state index >= 15 is 0 Å². The number of sulfone groups is 1. The van der Waals surface area contributed by atoms with Gasteiger partial charge in [0.05, 0.1) is 5.25 Å². The second kappa shape index (κ2) is 6.01. The zero-order valence-corrected chi connectivity index (χ0v) is 11.9. The van der Waals surface area contributed by atoms with Crippen LogP contribution in [-0.4, -0.2) is 26.0 Å². The molecule has 5 heteroatoms. The molecule has 19 heavy (non-hydrogen) atoms. The van der Waals surface area contributed by atoms with Crippen LogP contribution in [0, 0.1) is 5.82 Å². The van der Waals surface area contributed by atoms with Crippen molar-refractivity contribution in [1.82, 2.24) is 5.32 Å². The minimum atomic E-state index is -3.01. The Balaban J connectivity index is 1.98. The van der Waals surface area contributed by atoms with Crippen LogP contribution in [0.3, 0.4) is 0 Å². The third kappa shape index (κ3) is 4.01. The van der Waals surface area contributed by atoms with Gasteiger partial charge in [-0.15, -0.1) is 0 Å². The van der Waals surface area contributed by atoms with Crippen molar-refractivity contribution in [2.45, 2.75) is 43.5 Å². The van der Waals surface area contributed by atoms with Gasteiger partial charge in [0.15, 0.2) is 9.84 Å². The Bertz CT molecular complexity index is 513. The summed E-state index contributed by atoms with van der Waals surface area (Å²) in [6.45, 7) is 0.580. The number of hydrogen-bond donors (Lipinski definition) is 1. The predicted octanol–water partition coefficient (Wildman–Crippen LogP) is 2.27. The maximum atomic E-state index is 12.8. The lowest BCUT2D eigenvalue weighted by Gasteiger charge is -2.31. The lowest BCUT2D eigenvalue weighted by Crippen LogP contribution is -2.45. The molecule has 1 aromatic carbocycles. The maximum Gasteiger partial charge on any atom is 0.151 e. The van der Waals surface area contributed by atoms with Crippen molar-refractivity contribution in [2.24, 2.45) is 0 Å². The van der Waals surface area contributed by atoms with Crippen LogP contribution < -0.4 is 5.32 Å². The van der Waals surface area contributed by atoms with Crippen molar-refractivity contribution in [2.75, 3.05) is 6.26 Å². The molecule has 0 heterocycles. The highest BCUT2D eigenvalue weighted by Crippen LogP contribution is 2.24. The Morgan fingerprint density at radius 2 is 1.84 bits per heavy atom. The van der Waals surface area contributed by atoms with E-state index in [0.29, 0.717) is 6.54 Å². The fraction of sp³-hybridized carbons (Fsp3) is 0.571. The molecule has 1 fully saturated rings. The monoisotopic (exact) mass is 285 g/mol. The largest absolute Gasteiger partial charge is 0.309 e. The van der Waals surface area contributed by atoms with Crippen LogP contribution in [-0.2, 0) is 16.4 Å². The van der Waals surface area contributed by atoms with Crippen molar-refractivity contribution >= 4 is 9.84 Å². The van der Waals surface area contributed by atoms with E-state index in [1.807, 2.05) is 0 Å². The average molecular weight is 285 g/mol. The van der Waals surface area contributed by atoms with Crippen LogP contribution in [0.4, 0.5) is 4.39 Å². The first-order chi connectivity index (χ1) is 8.97. The van der Waals surface area contributed by atoms with E-state index in [9.17, 15) is 12.8 Å². The second-order valence-electron chi connectivity index (χ2n) is 5.27. The lowest BCUT2D eigenvalue weighted by molar-refractivity contribution is 0.370. The fourth-order valence-electron chi connectivity index (χ4n) is 2.69. The Morgan fingerprint density at radius 3 is 2.47 bits per heavy atom. The summed E-state index contributed by atoms with van der Waals surface area (Å²) in [5.41, 5.74) is 0.972. The van der Waals surface area contributed by atoms with E-state index in [-0.39, 0.29) is 17.1 Å². The molecule has 1 aromatic rings. The molecule has 2 atom stereocenters. The van der Waals surface area contributed by atoms with Crippen LogP contribution >= 0.6 is 0 Å². The molecule has 0 amide bonds. The summed E-state index contributed by atoms with van der Waals surface area (Å²) in [6, 6.07) is 6.30. The minimum absolute atomic E-state index is 0.00815. The summed E-state index contributed by atoms with van der Waals surface area (Å²) in [5, 5.41) is 3.02. The molecular formula is C14H20FNO2S. The van der Waals surface area contributed by atoms with E-state index in [1.54, 1.807) is 12.1 Å². The van der Waals surface area contributed by atoms with Gasteiger partial charge in [-0.3, -0.25) is 0 Å². The average Bonchev–Trinajstić information content (AvgIpc) is 2.37. The first-order valence-corrected chi connectivity index (χ1v) is 8.59. The molecule has 0 bridgehead atoms. The molecule has 3 nitrogen and oxygen atoms in total. The zero-order chi connectivity index (χ0) is 13.9. The molecule has 0 saturated heterocycles. The molecule has 2 rings (SSSR count). The maximum absolute atomic E-state index is 12.8. The van der Waals surface area contributed by atoms with Gasteiger partial charge in [-0.1, -0.05) is 25.0 Å². The quantitative estimate of drug-likeness (QED) is 0.923. The number of halogens is 1. The topological polar surface area (TPSA) is 46.2 Å². The predicted molar refractivity (Wildman–Crippen MR) is 74.1 cm³/mol. The molecular weight excluding hydrogens is 265 g/mol. The van der Waals surface area contributed by atoms with Gasteiger partial charge in [0.2, 0.25) is 0 Å². The zero-order valence-electron chi connectivity index (χ0n) is 11.1. The number of hydrogen-bond acceptors (Lipinski definition) is 3. The van der Waals surface area contributed by atoms with Crippen LogP contribution in [0.25, 0.3) is 0 Å². The van der Waals surface area contributed by atoms with Crippen LogP contribution in [0.2, 0.25) is 0 Å². The van der Waals surface area contributed by atoms with E-state index < -0.39 is 9.84 Å². The molecule has 106 valence electrons. The lowest BCUT2D eigenvalue weighted by atomic mass is 9.94. The molecule has 0 spiro atoms. The number of benzene rings is 1. The number of nitrogens with one attached hydrogen (secondary N) is 1. The Kier molecular flexibility index (Phi) is 4.58. The summed E-state index contributed by atoms with van der Waals surface area (Å²) < 4.78 is 36.3. The minimum Gasteiger partial charge on any atom is -0.309 e. The first kappa shape index (κ1) is 14.5. The van der Waals surface area contributed by atoms with Gasteiger partial charge in [-0.2, -0.15) is 0 Å². The smallest absolute Gasteiger partial charge is 0.151 e. The number of rotatable bonds is 4. The fourth-order valence-corrected chi connectivity index (χ4v) is 4.12. The van der Waals surface area contributed by atoms with Crippen molar-refractivity contribution in [3.8, 4) is 0 Å². The van der Waals surface area contributed by atoms with Crippen LogP contribution in [0.5, 0.6) is 0 Å². The van der Waals surface area contributed by atoms with E-state index in [0.717, 1.165) is 31.2 Å². The Hall–Kier alpha value is -0.940. The highest BCUT2D eigenvalue weighted by molar-refractivity contribution is 7.91. The SMILES string of the molecule is CS(=O)(=O)[C@H]1CCCC[C@H]1NCc1ccc(F)cc1. The Labute approximate surface area is 114 Å². The van der Waals surface area contributed by atoms with Crippen molar-refractivity contribution in [3.63, 3.8) is 0 Å². The van der Waals surface area contributed by atoms with Crippen molar-refractivity contribution < 1.29 is 12.8 Å². The van der Waals surface area contributed by atoms with Crippen LogP contribution in [0.1, 0.15) is 31.2 Å². The first-order valence-electron chi connectivity index (χ1n) is 6.63. The van der Waals surface area contributed by atoms with Crippen molar-refractivity contribution in [1.29, 1.82) is 0 Å². The van der Waals surface area contributed by atoms with E-state index in [2.05, 4.69) is 5.32 Å². The highest BCUT2D eigenvalue weighted by atomic mass is 32.2. The van der Waals surface area contributed by atoms with Crippen molar-refractivity contribution in [3.05, 3.63) is 35.6 Å². The molecule has 1 N–H and O–H groups in total. The molecule has 1 aliphatic carbocycles. The third-order valence-corrected chi connectivity index (χ3v) is 5.40.